The number of halogens is 2. The van der Waals surface area contributed by atoms with Crippen molar-refractivity contribution in [3.8, 4) is 0 Å². The quantitative estimate of drug-likeness (QED) is 0.388. The van der Waals surface area contributed by atoms with E-state index in [1.54, 1.807) is 13.8 Å². The van der Waals surface area contributed by atoms with Gasteiger partial charge < -0.3 is 9.47 Å². The molecule has 2 aromatic rings. The average Bonchev–Trinajstić information content (AvgIpc) is 3.14. The number of esters is 2. The number of rotatable bonds is 5. The summed E-state index contributed by atoms with van der Waals surface area (Å²) in [5.74, 6) is -0.546. The van der Waals surface area contributed by atoms with Crippen LogP contribution in [0.2, 0.25) is 0 Å². The van der Waals surface area contributed by atoms with Gasteiger partial charge in [-0.25, -0.2) is 19.2 Å². The number of carbonyl (C=O) groups excluding carboxylic acids is 4. The van der Waals surface area contributed by atoms with E-state index in [1.165, 1.54) is 19.6 Å². The van der Waals surface area contributed by atoms with Crippen molar-refractivity contribution in [3.05, 3.63) is 70.8 Å². The summed E-state index contributed by atoms with van der Waals surface area (Å²) in [6.45, 7) is 3.46. The minimum atomic E-state index is -2.06. The fourth-order valence-electron chi connectivity index (χ4n) is 6.22. The van der Waals surface area contributed by atoms with Gasteiger partial charge in [-0.05, 0) is 36.1 Å². The number of ether oxygens (including phenoxy) is 2. The third-order valence-electron chi connectivity index (χ3n) is 7.71. The molecule has 4 amide bonds. The van der Waals surface area contributed by atoms with E-state index in [4.69, 9.17) is 32.7 Å². The number of amides is 4. The zero-order chi connectivity index (χ0) is 28.7. The number of nitrogens with zero attached hydrogens (tertiary/aromatic N) is 4. The van der Waals surface area contributed by atoms with E-state index in [-0.39, 0.29) is 39.4 Å². The first-order chi connectivity index (χ1) is 19.3. The van der Waals surface area contributed by atoms with Crippen LogP contribution >= 0.6 is 23.2 Å². The van der Waals surface area contributed by atoms with E-state index in [0.717, 1.165) is 22.3 Å². The number of carbonyl (C=O) groups is 4. The second-order valence-electron chi connectivity index (χ2n) is 9.61. The fraction of sp³-hybridized carbons (Fsp3) is 0.429. The van der Waals surface area contributed by atoms with E-state index in [9.17, 15) is 19.2 Å². The van der Waals surface area contributed by atoms with Crippen molar-refractivity contribution in [1.82, 2.24) is 19.6 Å². The van der Waals surface area contributed by atoms with Crippen LogP contribution in [0.15, 0.2) is 48.5 Å². The molecule has 0 unspecified atom stereocenters. The number of fused-ring (bicyclic) bond motifs is 2. The Morgan fingerprint density at radius 1 is 0.650 bits per heavy atom. The van der Waals surface area contributed by atoms with Crippen molar-refractivity contribution >= 4 is 47.2 Å². The first-order valence-electron chi connectivity index (χ1n) is 13.1. The van der Waals surface area contributed by atoms with E-state index in [0.29, 0.717) is 11.8 Å². The van der Waals surface area contributed by atoms with Gasteiger partial charge in [0.25, 0.3) is 11.3 Å². The Hall–Kier alpha value is -3.50. The summed E-state index contributed by atoms with van der Waals surface area (Å²) in [7, 11) is 0. The van der Waals surface area contributed by atoms with Crippen LogP contribution in [0.25, 0.3) is 0 Å². The molecule has 12 heteroatoms. The molecule has 0 aliphatic carbocycles. The maximum atomic E-state index is 14.3. The second kappa shape index (κ2) is 10.8. The predicted molar refractivity (Wildman–Crippen MR) is 146 cm³/mol. The Balaban J connectivity index is 0.000000758. The molecule has 0 aromatic heterocycles. The van der Waals surface area contributed by atoms with E-state index >= 15 is 0 Å². The molecule has 2 saturated heterocycles. The Labute approximate surface area is 242 Å². The van der Waals surface area contributed by atoms with Crippen LogP contribution in [0, 0.1) is 0 Å². The summed E-state index contributed by atoms with van der Waals surface area (Å²) in [4.78, 5) is 62.1. The lowest BCUT2D eigenvalue weighted by Crippen LogP contribution is -2.75. The maximum absolute atomic E-state index is 14.3. The largest absolute Gasteiger partial charge is 0.463 e. The monoisotopic (exact) mass is 588 g/mol. The number of alkyl halides is 2. The van der Waals surface area contributed by atoms with Crippen LogP contribution in [0.3, 0.4) is 0 Å². The van der Waals surface area contributed by atoms with Gasteiger partial charge in [-0.3, -0.25) is 19.6 Å². The highest BCUT2D eigenvalue weighted by atomic mass is 35.5. The van der Waals surface area contributed by atoms with Gasteiger partial charge >= 0.3 is 24.0 Å². The van der Waals surface area contributed by atoms with E-state index in [1.807, 2.05) is 48.5 Å². The predicted octanol–water partition coefficient (Wildman–Crippen LogP) is 3.87. The Bertz CT molecular complexity index is 1180. The Morgan fingerprint density at radius 2 is 0.925 bits per heavy atom. The second-order valence-corrected chi connectivity index (χ2v) is 10.4. The lowest BCUT2D eigenvalue weighted by Gasteiger charge is -2.43. The van der Waals surface area contributed by atoms with Crippen LogP contribution < -0.4 is 0 Å². The lowest BCUT2D eigenvalue weighted by atomic mass is 9.90. The van der Waals surface area contributed by atoms with Gasteiger partial charge in [0, 0.05) is 11.8 Å². The summed E-state index contributed by atoms with van der Waals surface area (Å²) in [5, 5.41) is 0. The zero-order valence-electron chi connectivity index (χ0n) is 22.3. The number of urea groups is 2. The molecule has 4 aliphatic heterocycles. The third kappa shape index (κ3) is 3.69. The van der Waals surface area contributed by atoms with Crippen LogP contribution in [0.1, 0.15) is 36.1 Å². The van der Waals surface area contributed by atoms with Crippen LogP contribution in [-0.2, 0) is 45.2 Å². The van der Waals surface area contributed by atoms with Crippen molar-refractivity contribution in [2.75, 3.05) is 25.0 Å². The van der Waals surface area contributed by atoms with Crippen LogP contribution in [0.5, 0.6) is 0 Å². The van der Waals surface area contributed by atoms with Crippen molar-refractivity contribution in [1.29, 1.82) is 0 Å². The molecule has 0 spiro atoms. The van der Waals surface area contributed by atoms with Gasteiger partial charge in [-0.2, -0.15) is 0 Å². The van der Waals surface area contributed by atoms with Gasteiger partial charge in [-0.15, -0.1) is 23.2 Å². The molecule has 10 nitrogen and oxygen atoms in total. The maximum Gasteiger partial charge on any atom is 0.358 e. The normalized spacial score (nSPS) is 23.8. The van der Waals surface area contributed by atoms with Gasteiger partial charge in [0.1, 0.15) is 0 Å². The average molecular weight is 589 g/mol. The van der Waals surface area contributed by atoms with Gasteiger partial charge in [0.15, 0.2) is 0 Å². The van der Waals surface area contributed by atoms with Crippen LogP contribution in [-0.4, -0.2) is 79.9 Å². The van der Waals surface area contributed by atoms with Crippen LogP contribution in [0.4, 0.5) is 9.59 Å². The number of hydrogen-bond donors (Lipinski definition) is 0. The molecule has 2 fully saturated rings. The summed E-state index contributed by atoms with van der Waals surface area (Å²) in [5.41, 5.74) is -0.962. The number of hydrogen-bond acceptors (Lipinski definition) is 6. The van der Waals surface area contributed by atoms with E-state index in [2.05, 4.69) is 0 Å². The third-order valence-corrected chi connectivity index (χ3v) is 8.29. The van der Waals surface area contributed by atoms with Crippen molar-refractivity contribution in [2.45, 2.75) is 51.4 Å². The highest BCUT2D eigenvalue weighted by molar-refractivity contribution is 6.25. The molecule has 0 bridgehead atoms. The first-order valence-corrected chi connectivity index (χ1v) is 14.2. The highest BCUT2D eigenvalue weighted by Gasteiger charge is 2.87. The molecular formula is C28H30Cl2N4O6. The van der Waals surface area contributed by atoms with Crippen molar-refractivity contribution < 1.29 is 28.7 Å². The molecular weight excluding hydrogens is 559 g/mol. The summed E-state index contributed by atoms with van der Waals surface area (Å²) < 4.78 is 11.1. The Morgan fingerprint density at radius 3 is 1.15 bits per heavy atom. The first kappa shape index (κ1) is 28.0. The lowest BCUT2D eigenvalue weighted by molar-refractivity contribution is -0.191. The standard InChI is InChI=1S/C26H26N4O6.C2H4Cl2/c1-3-35-21(31)25-26(22(32)36-4-2)29-15-19-11-7-8-12-20(19)16-30(26)24(34)28(25)14-18-10-6-5-9-17(18)13-27(25)23(29)33;3-1-2-4/h5-12H,3-4,13-16H2,1-2H3;1-2H2. The van der Waals surface area contributed by atoms with Gasteiger partial charge in [-0.1, -0.05) is 48.5 Å². The minimum absolute atomic E-state index is 0.0106. The summed E-state index contributed by atoms with van der Waals surface area (Å²) in [6.07, 6.45) is 0. The molecule has 6 rings (SSSR count). The molecule has 4 heterocycles. The molecule has 0 radical (unpaired) electrons. The molecule has 0 saturated carbocycles. The minimum Gasteiger partial charge on any atom is -0.463 e. The molecule has 0 atom stereocenters. The van der Waals surface area contributed by atoms with Gasteiger partial charge in [0.2, 0.25) is 0 Å². The Kier molecular flexibility index (Phi) is 7.58. The SMILES string of the molecule is CCOC(=O)C12N3Cc4ccccc4CN1C(=O)N1Cc4ccccc4CN(C3=O)C12C(=O)OCC.ClCCCl. The zero-order valence-corrected chi connectivity index (χ0v) is 23.8. The van der Waals surface area contributed by atoms with Crippen molar-refractivity contribution in [3.63, 3.8) is 0 Å². The molecule has 212 valence electrons. The topological polar surface area (TPSA) is 99.7 Å². The molecule has 4 aliphatic rings. The summed E-state index contributed by atoms with van der Waals surface area (Å²) in [6, 6.07) is 13.8. The highest BCUT2D eigenvalue weighted by Crippen LogP contribution is 2.57. The van der Waals surface area contributed by atoms with Gasteiger partial charge in [0.05, 0.1) is 39.4 Å². The fourth-order valence-corrected chi connectivity index (χ4v) is 6.22. The summed E-state index contributed by atoms with van der Waals surface area (Å²) >= 11 is 10.1. The molecule has 2 aromatic carbocycles. The molecule has 40 heavy (non-hydrogen) atoms. The van der Waals surface area contributed by atoms with E-state index < -0.39 is 35.3 Å². The smallest absolute Gasteiger partial charge is 0.358 e. The number of benzene rings is 2. The molecule has 0 N–H and O–H groups in total. The van der Waals surface area contributed by atoms with Crippen molar-refractivity contribution in [2.24, 2.45) is 0 Å².